The van der Waals surface area contributed by atoms with Crippen molar-refractivity contribution in [3.8, 4) is 0 Å². The zero-order valence-electron chi connectivity index (χ0n) is 12.6. The molecule has 0 unspecified atom stereocenters. The summed E-state index contributed by atoms with van der Waals surface area (Å²) in [6.07, 6.45) is 0.672. The molecule has 2 atom stereocenters. The van der Waals surface area contributed by atoms with E-state index in [2.05, 4.69) is 10.3 Å². The van der Waals surface area contributed by atoms with Crippen LogP contribution >= 0.6 is 23.2 Å². The van der Waals surface area contributed by atoms with Gasteiger partial charge in [0.1, 0.15) is 5.69 Å². The van der Waals surface area contributed by atoms with Crippen LogP contribution in [0.5, 0.6) is 0 Å². The van der Waals surface area contributed by atoms with Crippen LogP contribution in [0.2, 0.25) is 10.0 Å². The topological polar surface area (TPSA) is 71.2 Å². The van der Waals surface area contributed by atoms with E-state index in [1.54, 1.807) is 43.5 Å². The van der Waals surface area contributed by atoms with Crippen LogP contribution in [0.15, 0.2) is 36.5 Å². The van der Waals surface area contributed by atoms with Gasteiger partial charge in [0.25, 0.3) is 5.91 Å². The average molecular weight is 355 g/mol. The highest BCUT2D eigenvalue weighted by molar-refractivity contribution is 6.35. The minimum atomic E-state index is -0.931. The van der Waals surface area contributed by atoms with Crippen LogP contribution in [-0.2, 0) is 9.53 Å². The maximum Gasteiger partial charge on any atom is 0.355 e. The van der Waals surface area contributed by atoms with Gasteiger partial charge in [-0.2, -0.15) is 0 Å². The van der Waals surface area contributed by atoms with Gasteiger partial charge in [-0.15, -0.1) is 0 Å². The van der Waals surface area contributed by atoms with Crippen molar-refractivity contribution < 1.29 is 14.3 Å². The summed E-state index contributed by atoms with van der Waals surface area (Å²) in [5.41, 5.74) is 1.02. The predicted octanol–water partition coefficient (Wildman–Crippen LogP) is 3.74. The number of hydrogen-bond donors (Lipinski definition) is 2. The fourth-order valence-corrected chi connectivity index (χ4v) is 2.57. The van der Waals surface area contributed by atoms with Gasteiger partial charge >= 0.3 is 5.97 Å². The molecule has 122 valence electrons. The highest BCUT2D eigenvalue weighted by atomic mass is 35.5. The standard InChI is InChI=1S/C16H16Cl2N2O3/c1-9(12-6-5-11(17)8-13(12)18)20-15(21)10(2)23-16(22)14-4-3-7-19-14/h3-10,19H,1-2H3,(H,20,21)/t9-,10-/m1/s1. The molecule has 0 bridgehead atoms. The number of aromatic nitrogens is 1. The van der Waals surface area contributed by atoms with Crippen molar-refractivity contribution in [2.45, 2.75) is 26.0 Å². The van der Waals surface area contributed by atoms with E-state index in [1.807, 2.05) is 0 Å². The summed E-state index contributed by atoms with van der Waals surface area (Å²) in [4.78, 5) is 26.7. The summed E-state index contributed by atoms with van der Waals surface area (Å²) in [7, 11) is 0. The molecule has 0 aliphatic rings. The van der Waals surface area contributed by atoms with Crippen molar-refractivity contribution in [3.63, 3.8) is 0 Å². The Bertz CT molecular complexity index is 701. The van der Waals surface area contributed by atoms with E-state index >= 15 is 0 Å². The second-order valence-corrected chi connectivity index (χ2v) is 5.87. The molecule has 0 radical (unpaired) electrons. The van der Waals surface area contributed by atoms with Gasteiger partial charge in [0.15, 0.2) is 6.10 Å². The van der Waals surface area contributed by atoms with Crippen molar-refractivity contribution in [2.75, 3.05) is 0 Å². The largest absolute Gasteiger partial charge is 0.448 e. The molecule has 0 aliphatic carbocycles. The van der Waals surface area contributed by atoms with Crippen LogP contribution in [-0.4, -0.2) is 23.0 Å². The number of carbonyl (C=O) groups is 2. The smallest absolute Gasteiger partial charge is 0.355 e. The van der Waals surface area contributed by atoms with Gasteiger partial charge in [0.05, 0.1) is 6.04 Å². The number of carbonyl (C=O) groups excluding carboxylic acids is 2. The normalized spacial score (nSPS) is 13.2. The number of esters is 1. The summed E-state index contributed by atoms with van der Waals surface area (Å²) in [6.45, 7) is 3.29. The number of aromatic amines is 1. The van der Waals surface area contributed by atoms with Crippen LogP contribution in [0.3, 0.4) is 0 Å². The third-order valence-electron chi connectivity index (χ3n) is 3.26. The Labute approximate surface area is 143 Å². The number of amides is 1. The van der Waals surface area contributed by atoms with Crippen molar-refractivity contribution >= 4 is 35.1 Å². The number of rotatable bonds is 5. The van der Waals surface area contributed by atoms with Gasteiger partial charge in [-0.25, -0.2) is 4.79 Å². The van der Waals surface area contributed by atoms with Crippen LogP contribution in [0.1, 0.15) is 35.9 Å². The van der Waals surface area contributed by atoms with Crippen LogP contribution < -0.4 is 5.32 Å². The molecular weight excluding hydrogens is 339 g/mol. The summed E-state index contributed by atoms with van der Waals surface area (Å²) >= 11 is 12.0. The van der Waals surface area contributed by atoms with Crippen molar-refractivity contribution in [1.29, 1.82) is 0 Å². The SMILES string of the molecule is C[C@@H](OC(=O)c1ccc[nH]1)C(=O)N[C@H](C)c1ccc(Cl)cc1Cl. The van der Waals surface area contributed by atoms with Crippen LogP contribution in [0.25, 0.3) is 0 Å². The lowest BCUT2D eigenvalue weighted by Crippen LogP contribution is -2.37. The molecule has 23 heavy (non-hydrogen) atoms. The second-order valence-electron chi connectivity index (χ2n) is 5.03. The van der Waals surface area contributed by atoms with Crippen molar-refractivity contribution in [3.05, 3.63) is 57.8 Å². The molecule has 1 aromatic carbocycles. The fourth-order valence-electron chi connectivity index (χ4n) is 2.00. The molecule has 0 spiro atoms. The van der Waals surface area contributed by atoms with E-state index in [-0.39, 0.29) is 6.04 Å². The molecular formula is C16H16Cl2N2O3. The van der Waals surface area contributed by atoms with E-state index in [4.69, 9.17) is 27.9 Å². The second kappa shape index (κ2) is 7.53. The first kappa shape index (κ1) is 17.4. The number of H-pyrrole nitrogens is 1. The van der Waals surface area contributed by atoms with E-state index in [1.165, 1.54) is 6.92 Å². The van der Waals surface area contributed by atoms with Gasteiger partial charge in [0.2, 0.25) is 0 Å². The summed E-state index contributed by atoms with van der Waals surface area (Å²) < 4.78 is 5.11. The monoisotopic (exact) mass is 354 g/mol. The Balaban J connectivity index is 1.96. The van der Waals surface area contributed by atoms with E-state index in [0.717, 1.165) is 5.56 Å². The van der Waals surface area contributed by atoms with Crippen LogP contribution in [0, 0.1) is 0 Å². The van der Waals surface area contributed by atoms with E-state index < -0.39 is 18.0 Å². The molecule has 1 heterocycles. The number of hydrogen-bond acceptors (Lipinski definition) is 3. The average Bonchev–Trinajstić information content (AvgIpc) is 3.01. The van der Waals surface area contributed by atoms with Gasteiger partial charge in [-0.1, -0.05) is 29.3 Å². The number of benzene rings is 1. The fraction of sp³-hybridized carbons (Fsp3) is 0.250. The minimum Gasteiger partial charge on any atom is -0.448 e. The van der Waals surface area contributed by atoms with Gasteiger partial charge < -0.3 is 15.0 Å². The molecule has 1 aromatic heterocycles. The molecule has 0 saturated carbocycles. The van der Waals surface area contributed by atoms with E-state index in [9.17, 15) is 9.59 Å². The van der Waals surface area contributed by atoms with E-state index in [0.29, 0.717) is 15.7 Å². The maximum absolute atomic E-state index is 12.1. The maximum atomic E-state index is 12.1. The molecule has 7 heteroatoms. The molecule has 0 fully saturated rings. The molecule has 0 aliphatic heterocycles. The quantitative estimate of drug-likeness (QED) is 0.803. The van der Waals surface area contributed by atoms with Gasteiger partial charge in [-0.05, 0) is 43.7 Å². The Hall–Kier alpha value is -1.98. The zero-order valence-corrected chi connectivity index (χ0v) is 14.1. The lowest BCUT2D eigenvalue weighted by molar-refractivity contribution is -0.129. The molecule has 2 N–H and O–H groups in total. The lowest BCUT2D eigenvalue weighted by Gasteiger charge is -2.19. The Kier molecular flexibility index (Phi) is 5.69. The summed E-state index contributed by atoms with van der Waals surface area (Å²) in [5.74, 6) is -1.00. The van der Waals surface area contributed by atoms with Gasteiger partial charge in [-0.3, -0.25) is 4.79 Å². The summed E-state index contributed by atoms with van der Waals surface area (Å²) in [6, 6.07) is 7.94. The molecule has 0 saturated heterocycles. The number of ether oxygens (including phenoxy) is 1. The minimum absolute atomic E-state index is 0.290. The van der Waals surface area contributed by atoms with Crippen LogP contribution in [0.4, 0.5) is 0 Å². The molecule has 5 nitrogen and oxygen atoms in total. The Morgan fingerprint density at radius 1 is 1.22 bits per heavy atom. The first-order chi connectivity index (χ1) is 10.9. The predicted molar refractivity (Wildman–Crippen MR) is 88.7 cm³/mol. The Morgan fingerprint density at radius 2 is 1.96 bits per heavy atom. The highest BCUT2D eigenvalue weighted by Crippen LogP contribution is 2.26. The third kappa shape index (κ3) is 4.50. The third-order valence-corrected chi connectivity index (χ3v) is 3.82. The Morgan fingerprint density at radius 3 is 2.57 bits per heavy atom. The molecule has 2 aromatic rings. The van der Waals surface area contributed by atoms with Crippen molar-refractivity contribution in [2.24, 2.45) is 0 Å². The zero-order chi connectivity index (χ0) is 17.0. The number of halogens is 2. The van der Waals surface area contributed by atoms with Crippen molar-refractivity contribution in [1.82, 2.24) is 10.3 Å². The lowest BCUT2D eigenvalue weighted by atomic mass is 10.1. The summed E-state index contributed by atoms with van der Waals surface area (Å²) in [5, 5.41) is 3.73. The first-order valence-corrected chi connectivity index (χ1v) is 7.73. The molecule has 2 rings (SSSR count). The highest BCUT2D eigenvalue weighted by Gasteiger charge is 2.22. The number of nitrogens with one attached hydrogen (secondary N) is 2. The van der Waals surface area contributed by atoms with Gasteiger partial charge in [0, 0.05) is 16.2 Å². The first-order valence-electron chi connectivity index (χ1n) is 6.98. The molecule has 1 amide bonds.